The van der Waals surface area contributed by atoms with Gasteiger partial charge >= 0.3 is 0 Å². The molecule has 0 aliphatic carbocycles. The van der Waals surface area contributed by atoms with Gasteiger partial charge in [-0.2, -0.15) is 11.8 Å². The molecule has 2 rings (SSSR count). The molecule has 18 heavy (non-hydrogen) atoms. The van der Waals surface area contributed by atoms with Gasteiger partial charge in [0, 0.05) is 28.2 Å². The summed E-state index contributed by atoms with van der Waals surface area (Å²) < 4.78 is 0. The molecule has 0 radical (unpaired) electrons. The maximum Gasteiger partial charge on any atom is 0.151 e. The van der Waals surface area contributed by atoms with Crippen LogP contribution in [-0.2, 0) is 11.2 Å². The second-order valence-electron chi connectivity index (χ2n) is 4.61. The SMILES string of the molecule is Cc1ccc(CC(=O)C2SCCSC2C)c(Cl)c1. The molecule has 4 heteroatoms. The summed E-state index contributed by atoms with van der Waals surface area (Å²) in [7, 11) is 0. The van der Waals surface area contributed by atoms with E-state index < -0.39 is 0 Å². The van der Waals surface area contributed by atoms with Crippen molar-refractivity contribution in [2.75, 3.05) is 11.5 Å². The molecule has 0 bridgehead atoms. The molecule has 0 amide bonds. The molecule has 2 unspecified atom stereocenters. The molecule has 0 aromatic heterocycles. The summed E-state index contributed by atoms with van der Waals surface area (Å²) in [6.07, 6.45) is 0.460. The third kappa shape index (κ3) is 3.46. The molecule has 1 aliphatic heterocycles. The Kier molecular flexibility index (Phi) is 5.05. The second-order valence-corrected chi connectivity index (χ2v) is 7.75. The average molecular weight is 301 g/mol. The van der Waals surface area contributed by atoms with Crippen LogP contribution in [0.25, 0.3) is 0 Å². The molecule has 1 aromatic carbocycles. The first kappa shape index (κ1) is 14.3. The predicted octanol–water partition coefficient (Wildman–Crippen LogP) is 4.00. The molecular weight excluding hydrogens is 284 g/mol. The zero-order valence-corrected chi connectivity index (χ0v) is 13.0. The first-order valence-electron chi connectivity index (χ1n) is 6.09. The second kappa shape index (κ2) is 6.36. The molecule has 98 valence electrons. The highest BCUT2D eigenvalue weighted by molar-refractivity contribution is 8.07. The molecule has 0 N–H and O–H groups in total. The molecule has 1 aromatic rings. The molecular formula is C14H17ClOS2. The Balaban J connectivity index is 2.06. The third-order valence-electron chi connectivity index (χ3n) is 3.08. The van der Waals surface area contributed by atoms with Crippen molar-refractivity contribution in [1.29, 1.82) is 0 Å². The Bertz CT molecular complexity index is 447. The lowest BCUT2D eigenvalue weighted by molar-refractivity contribution is -0.117. The number of benzene rings is 1. The zero-order chi connectivity index (χ0) is 13.1. The standard InChI is InChI=1S/C14H17ClOS2/c1-9-3-4-11(12(15)7-9)8-13(16)14-10(2)17-5-6-18-14/h3-4,7,10,14H,5-6,8H2,1-2H3. The van der Waals surface area contributed by atoms with Crippen molar-refractivity contribution in [2.24, 2.45) is 0 Å². The van der Waals surface area contributed by atoms with Crippen LogP contribution >= 0.6 is 35.1 Å². The monoisotopic (exact) mass is 300 g/mol. The fraction of sp³-hybridized carbons (Fsp3) is 0.500. The van der Waals surface area contributed by atoms with Crippen LogP contribution in [0.15, 0.2) is 18.2 Å². The Morgan fingerprint density at radius 1 is 1.39 bits per heavy atom. The maximum atomic E-state index is 12.3. The van der Waals surface area contributed by atoms with Crippen LogP contribution in [0.4, 0.5) is 0 Å². The van der Waals surface area contributed by atoms with E-state index in [2.05, 4.69) is 6.92 Å². The molecule has 1 heterocycles. The van der Waals surface area contributed by atoms with Crippen molar-refractivity contribution in [3.63, 3.8) is 0 Å². The average Bonchev–Trinajstić information content (AvgIpc) is 2.33. The molecule has 1 fully saturated rings. The van der Waals surface area contributed by atoms with Crippen molar-refractivity contribution in [3.05, 3.63) is 34.3 Å². The van der Waals surface area contributed by atoms with Crippen LogP contribution in [-0.4, -0.2) is 27.8 Å². The lowest BCUT2D eigenvalue weighted by Gasteiger charge is -2.26. The number of rotatable bonds is 3. The topological polar surface area (TPSA) is 17.1 Å². The van der Waals surface area contributed by atoms with Crippen molar-refractivity contribution < 1.29 is 4.79 Å². The number of carbonyl (C=O) groups excluding carboxylic acids is 1. The minimum Gasteiger partial charge on any atom is -0.298 e. The van der Waals surface area contributed by atoms with Gasteiger partial charge in [0.05, 0.1) is 5.25 Å². The van der Waals surface area contributed by atoms with Crippen molar-refractivity contribution >= 4 is 40.9 Å². The van der Waals surface area contributed by atoms with Gasteiger partial charge in [-0.05, 0) is 24.1 Å². The van der Waals surface area contributed by atoms with Gasteiger partial charge in [-0.25, -0.2) is 0 Å². The highest BCUT2D eigenvalue weighted by Crippen LogP contribution is 2.32. The number of carbonyl (C=O) groups is 1. The molecule has 1 nitrogen and oxygen atoms in total. The van der Waals surface area contributed by atoms with Crippen LogP contribution in [0, 0.1) is 6.92 Å². The van der Waals surface area contributed by atoms with Gasteiger partial charge in [0.1, 0.15) is 0 Å². The minimum absolute atomic E-state index is 0.126. The summed E-state index contributed by atoms with van der Waals surface area (Å²) in [6, 6.07) is 5.91. The Morgan fingerprint density at radius 3 is 2.78 bits per heavy atom. The van der Waals surface area contributed by atoms with Crippen molar-refractivity contribution in [3.8, 4) is 0 Å². The first-order chi connectivity index (χ1) is 8.58. The normalized spacial score (nSPS) is 23.9. The first-order valence-corrected chi connectivity index (χ1v) is 8.56. The van der Waals surface area contributed by atoms with Crippen LogP contribution in [0.5, 0.6) is 0 Å². The van der Waals surface area contributed by atoms with Crippen molar-refractivity contribution in [2.45, 2.75) is 30.8 Å². The largest absolute Gasteiger partial charge is 0.298 e. The van der Waals surface area contributed by atoms with E-state index in [1.807, 2.05) is 36.9 Å². The Labute approximate surface area is 122 Å². The van der Waals surface area contributed by atoms with E-state index in [0.717, 1.165) is 22.6 Å². The fourth-order valence-electron chi connectivity index (χ4n) is 2.07. The van der Waals surface area contributed by atoms with E-state index in [-0.39, 0.29) is 5.25 Å². The maximum absolute atomic E-state index is 12.3. The van der Waals surface area contributed by atoms with Crippen LogP contribution in [0.1, 0.15) is 18.1 Å². The molecule has 2 atom stereocenters. The van der Waals surface area contributed by atoms with E-state index in [9.17, 15) is 4.79 Å². The van der Waals surface area contributed by atoms with Crippen LogP contribution in [0.2, 0.25) is 5.02 Å². The van der Waals surface area contributed by atoms with Gasteiger partial charge in [0.2, 0.25) is 0 Å². The van der Waals surface area contributed by atoms with E-state index in [4.69, 9.17) is 11.6 Å². The summed E-state index contributed by atoms with van der Waals surface area (Å²) in [6.45, 7) is 4.16. The lowest BCUT2D eigenvalue weighted by Crippen LogP contribution is -2.32. The smallest absolute Gasteiger partial charge is 0.151 e. The molecule has 1 aliphatic rings. The van der Waals surface area contributed by atoms with Gasteiger partial charge in [0.25, 0.3) is 0 Å². The predicted molar refractivity (Wildman–Crippen MR) is 83.1 cm³/mol. The Morgan fingerprint density at radius 2 is 2.11 bits per heavy atom. The number of thioether (sulfide) groups is 2. The summed E-state index contributed by atoms with van der Waals surface area (Å²) in [5.41, 5.74) is 2.09. The zero-order valence-electron chi connectivity index (χ0n) is 10.6. The molecule has 0 spiro atoms. The Hall–Kier alpha value is -0.120. The number of halogens is 1. The van der Waals surface area contributed by atoms with Gasteiger partial charge in [0.15, 0.2) is 5.78 Å². The van der Waals surface area contributed by atoms with E-state index >= 15 is 0 Å². The highest BCUT2D eigenvalue weighted by Gasteiger charge is 2.28. The minimum atomic E-state index is 0.126. The van der Waals surface area contributed by atoms with Gasteiger partial charge in [-0.15, -0.1) is 11.8 Å². The van der Waals surface area contributed by atoms with E-state index in [1.54, 1.807) is 11.8 Å². The van der Waals surface area contributed by atoms with E-state index in [1.165, 1.54) is 0 Å². The summed E-state index contributed by atoms with van der Waals surface area (Å²) >= 11 is 9.88. The summed E-state index contributed by atoms with van der Waals surface area (Å²) in [5, 5.41) is 1.26. The van der Waals surface area contributed by atoms with Crippen LogP contribution in [0.3, 0.4) is 0 Å². The number of aryl methyl sites for hydroxylation is 1. The van der Waals surface area contributed by atoms with Crippen molar-refractivity contribution in [1.82, 2.24) is 0 Å². The molecule has 1 saturated heterocycles. The number of hydrogen-bond acceptors (Lipinski definition) is 3. The lowest BCUT2D eigenvalue weighted by atomic mass is 10.0. The number of Topliss-reactive ketones (excluding diaryl/α,β-unsaturated/α-hetero) is 1. The van der Waals surface area contributed by atoms with Gasteiger partial charge in [-0.1, -0.05) is 30.7 Å². The number of hydrogen-bond donors (Lipinski definition) is 0. The third-order valence-corrected chi connectivity index (χ3v) is 6.57. The number of ketones is 1. The summed E-state index contributed by atoms with van der Waals surface area (Å²) in [4.78, 5) is 12.3. The van der Waals surface area contributed by atoms with Gasteiger partial charge in [-0.3, -0.25) is 4.79 Å². The van der Waals surface area contributed by atoms with E-state index in [0.29, 0.717) is 22.5 Å². The molecule has 0 saturated carbocycles. The summed E-state index contributed by atoms with van der Waals surface area (Å²) in [5.74, 6) is 2.54. The highest BCUT2D eigenvalue weighted by atomic mass is 35.5. The van der Waals surface area contributed by atoms with Crippen LogP contribution < -0.4 is 0 Å². The fourth-order valence-corrected chi connectivity index (χ4v) is 5.11. The quantitative estimate of drug-likeness (QED) is 0.840. The van der Waals surface area contributed by atoms with Gasteiger partial charge < -0.3 is 0 Å².